The van der Waals surface area contributed by atoms with Gasteiger partial charge in [-0.25, -0.2) is 4.98 Å². The minimum Gasteiger partial charge on any atom is -0.445 e. The summed E-state index contributed by atoms with van der Waals surface area (Å²) in [6.07, 6.45) is 3.46. The molecular weight excluding hydrogens is 254 g/mol. The van der Waals surface area contributed by atoms with Crippen molar-refractivity contribution < 1.29 is 4.42 Å². The molecule has 1 N–H and O–H groups in total. The van der Waals surface area contributed by atoms with Crippen LogP contribution < -0.4 is 5.32 Å². The molecule has 6 heteroatoms. The number of benzene rings is 1. The van der Waals surface area contributed by atoms with Gasteiger partial charge in [0.2, 0.25) is 5.89 Å². The van der Waals surface area contributed by atoms with Gasteiger partial charge in [0.05, 0.1) is 30.3 Å². The summed E-state index contributed by atoms with van der Waals surface area (Å²) in [5, 5.41) is 11.9. The van der Waals surface area contributed by atoms with Gasteiger partial charge in [-0.05, 0) is 19.1 Å². The maximum Gasteiger partial charge on any atom is 0.208 e. The highest BCUT2D eigenvalue weighted by molar-refractivity contribution is 5.28. The van der Waals surface area contributed by atoms with Gasteiger partial charge in [0.1, 0.15) is 5.76 Å². The predicted octanol–water partition coefficient (Wildman–Crippen LogP) is 1.85. The highest BCUT2D eigenvalue weighted by Gasteiger charge is 2.04. The smallest absolute Gasteiger partial charge is 0.208 e. The lowest BCUT2D eigenvalue weighted by molar-refractivity contribution is 0.448. The quantitative estimate of drug-likeness (QED) is 0.765. The van der Waals surface area contributed by atoms with E-state index in [2.05, 4.69) is 20.5 Å². The molecule has 2 aromatic heterocycles. The summed E-state index contributed by atoms with van der Waals surface area (Å²) in [5.74, 6) is 1.50. The van der Waals surface area contributed by atoms with E-state index >= 15 is 0 Å². The van der Waals surface area contributed by atoms with Crippen LogP contribution >= 0.6 is 0 Å². The number of oxazole rings is 1. The maximum atomic E-state index is 5.38. The highest BCUT2D eigenvalue weighted by Crippen LogP contribution is 2.05. The van der Waals surface area contributed by atoms with E-state index in [1.807, 2.05) is 37.3 Å². The van der Waals surface area contributed by atoms with Gasteiger partial charge in [0, 0.05) is 6.54 Å². The Morgan fingerprint density at radius 1 is 1.15 bits per heavy atom. The lowest BCUT2D eigenvalue weighted by Gasteiger charge is -1.99. The second kappa shape index (κ2) is 5.66. The summed E-state index contributed by atoms with van der Waals surface area (Å²) in [6.45, 7) is 3.07. The molecule has 0 fully saturated rings. The molecule has 0 aliphatic carbocycles. The van der Waals surface area contributed by atoms with Crippen molar-refractivity contribution in [1.82, 2.24) is 25.3 Å². The number of aryl methyl sites for hydroxylation is 1. The first-order chi connectivity index (χ1) is 9.81. The fourth-order valence-corrected chi connectivity index (χ4v) is 1.84. The average Bonchev–Trinajstić information content (AvgIpc) is 3.09. The Hall–Kier alpha value is -2.47. The molecule has 0 unspecified atom stereocenters. The van der Waals surface area contributed by atoms with E-state index in [-0.39, 0.29) is 0 Å². The van der Waals surface area contributed by atoms with Crippen LogP contribution in [0.25, 0.3) is 5.69 Å². The van der Waals surface area contributed by atoms with Gasteiger partial charge in [0.15, 0.2) is 0 Å². The van der Waals surface area contributed by atoms with Gasteiger partial charge in [-0.15, -0.1) is 0 Å². The minimum absolute atomic E-state index is 0.575. The Morgan fingerprint density at radius 2 is 2.00 bits per heavy atom. The van der Waals surface area contributed by atoms with Crippen molar-refractivity contribution in [3.63, 3.8) is 0 Å². The van der Waals surface area contributed by atoms with Gasteiger partial charge in [0.25, 0.3) is 0 Å². The largest absolute Gasteiger partial charge is 0.445 e. The maximum absolute atomic E-state index is 5.38. The van der Waals surface area contributed by atoms with E-state index in [9.17, 15) is 0 Å². The van der Waals surface area contributed by atoms with Crippen LogP contribution in [0, 0.1) is 6.92 Å². The highest BCUT2D eigenvalue weighted by atomic mass is 16.4. The summed E-state index contributed by atoms with van der Waals surface area (Å²) in [4.78, 5) is 5.75. The molecule has 2 heterocycles. The topological polar surface area (TPSA) is 68.8 Å². The zero-order valence-corrected chi connectivity index (χ0v) is 11.2. The second-order valence-corrected chi connectivity index (χ2v) is 4.43. The van der Waals surface area contributed by atoms with E-state index < -0.39 is 0 Å². The molecule has 3 rings (SSSR count). The number of para-hydroxylation sites is 1. The van der Waals surface area contributed by atoms with E-state index in [4.69, 9.17) is 4.42 Å². The molecule has 3 aromatic rings. The summed E-state index contributed by atoms with van der Waals surface area (Å²) >= 11 is 0. The first-order valence-corrected chi connectivity index (χ1v) is 6.40. The van der Waals surface area contributed by atoms with Crippen LogP contribution in [0.5, 0.6) is 0 Å². The molecule has 0 bridgehead atoms. The summed E-state index contributed by atoms with van der Waals surface area (Å²) in [7, 11) is 0. The molecule has 0 saturated carbocycles. The van der Waals surface area contributed by atoms with E-state index in [1.165, 1.54) is 0 Å². The molecule has 0 spiro atoms. The number of aromatic nitrogens is 4. The Balaban J connectivity index is 1.58. The van der Waals surface area contributed by atoms with Crippen molar-refractivity contribution in [3.8, 4) is 5.69 Å². The molecule has 6 nitrogen and oxygen atoms in total. The minimum atomic E-state index is 0.575. The molecule has 0 aliphatic heterocycles. The molecule has 0 saturated heterocycles. The third-order valence-electron chi connectivity index (χ3n) is 2.78. The lowest BCUT2D eigenvalue weighted by Crippen LogP contribution is -2.13. The molecule has 1 aromatic carbocycles. The van der Waals surface area contributed by atoms with Gasteiger partial charge >= 0.3 is 0 Å². The third kappa shape index (κ3) is 2.92. The molecular formula is C14H15N5O. The summed E-state index contributed by atoms with van der Waals surface area (Å²) < 4.78 is 5.38. The van der Waals surface area contributed by atoms with Crippen molar-refractivity contribution in [3.05, 3.63) is 60.1 Å². The second-order valence-electron chi connectivity index (χ2n) is 4.43. The Morgan fingerprint density at radius 3 is 2.75 bits per heavy atom. The van der Waals surface area contributed by atoms with Crippen molar-refractivity contribution in [2.24, 2.45) is 0 Å². The van der Waals surface area contributed by atoms with Crippen LogP contribution in [0.4, 0.5) is 0 Å². The van der Waals surface area contributed by atoms with Crippen LogP contribution in [0.1, 0.15) is 17.3 Å². The number of rotatable bonds is 5. The van der Waals surface area contributed by atoms with E-state index in [0.29, 0.717) is 19.0 Å². The SMILES string of the molecule is Cc1cnc(CNCc2cnn(-c3ccccc3)n2)o1. The zero-order valence-electron chi connectivity index (χ0n) is 11.2. The van der Waals surface area contributed by atoms with Crippen LogP contribution in [-0.2, 0) is 13.1 Å². The Labute approximate surface area is 116 Å². The Bertz CT molecular complexity index is 674. The van der Waals surface area contributed by atoms with Crippen LogP contribution in [0.3, 0.4) is 0 Å². The monoisotopic (exact) mass is 269 g/mol. The van der Waals surface area contributed by atoms with Gasteiger partial charge in [-0.1, -0.05) is 18.2 Å². The first-order valence-electron chi connectivity index (χ1n) is 6.40. The number of nitrogens with one attached hydrogen (secondary N) is 1. The molecule has 0 aliphatic rings. The molecule has 20 heavy (non-hydrogen) atoms. The predicted molar refractivity (Wildman–Crippen MR) is 73.1 cm³/mol. The number of hydrogen-bond donors (Lipinski definition) is 1. The normalized spacial score (nSPS) is 10.8. The first kappa shape index (κ1) is 12.6. The molecule has 0 amide bonds. The zero-order chi connectivity index (χ0) is 13.8. The van der Waals surface area contributed by atoms with Crippen molar-refractivity contribution in [2.45, 2.75) is 20.0 Å². The summed E-state index contributed by atoms with van der Waals surface area (Å²) in [6, 6.07) is 9.82. The molecule has 0 atom stereocenters. The number of hydrogen-bond acceptors (Lipinski definition) is 5. The number of nitrogens with zero attached hydrogens (tertiary/aromatic N) is 4. The Kier molecular flexibility index (Phi) is 3.56. The van der Waals surface area contributed by atoms with Crippen LogP contribution in [-0.4, -0.2) is 20.0 Å². The fraction of sp³-hybridized carbons (Fsp3) is 0.214. The van der Waals surface area contributed by atoms with Gasteiger partial charge in [-0.3, -0.25) is 0 Å². The van der Waals surface area contributed by atoms with Crippen molar-refractivity contribution in [2.75, 3.05) is 0 Å². The van der Waals surface area contributed by atoms with Crippen molar-refractivity contribution >= 4 is 0 Å². The fourth-order valence-electron chi connectivity index (χ4n) is 1.84. The van der Waals surface area contributed by atoms with Crippen molar-refractivity contribution in [1.29, 1.82) is 0 Å². The standard InChI is InChI=1S/C14H15N5O/c1-11-7-16-14(20-11)10-15-8-12-9-17-19(18-12)13-5-3-2-4-6-13/h2-7,9,15H,8,10H2,1H3. The van der Waals surface area contributed by atoms with E-state index in [0.717, 1.165) is 17.1 Å². The molecule has 102 valence electrons. The van der Waals surface area contributed by atoms with Gasteiger partial charge < -0.3 is 9.73 Å². The summed E-state index contributed by atoms with van der Waals surface area (Å²) in [5.41, 5.74) is 1.82. The average molecular weight is 269 g/mol. The van der Waals surface area contributed by atoms with Crippen LogP contribution in [0.2, 0.25) is 0 Å². The van der Waals surface area contributed by atoms with Crippen LogP contribution in [0.15, 0.2) is 47.1 Å². The lowest BCUT2D eigenvalue weighted by atomic mass is 10.3. The van der Waals surface area contributed by atoms with Gasteiger partial charge in [-0.2, -0.15) is 15.0 Å². The third-order valence-corrected chi connectivity index (χ3v) is 2.78. The van der Waals surface area contributed by atoms with E-state index in [1.54, 1.807) is 17.2 Å². The molecule has 0 radical (unpaired) electrons.